The molecule has 0 bridgehead atoms. The molecule has 3 rings (SSSR count). The minimum atomic E-state index is -0.101. The lowest BCUT2D eigenvalue weighted by molar-refractivity contribution is 0.191. The maximum absolute atomic E-state index is 13.5. The topological polar surface area (TPSA) is 15.3 Å². The summed E-state index contributed by atoms with van der Waals surface area (Å²) in [5.74, 6) is -0.101. The van der Waals surface area contributed by atoms with Gasteiger partial charge in [-0.1, -0.05) is 18.9 Å². The van der Waals surface area contributed by atoms with Crippen LogP contribution in [0, 0.1) is 5.82 Å². The van der Waals surface area contributed by atoms with Crippen LogP contribution in [-0.4, -0.2) is 24.5 Å². The number of benzene rings is 1. The fraction of sp³-hybridized carbons (Fsp3) is 0.600. The molecule has 0 amide bonds. The Bertz CT molecular complexity index is 411. The number of hydrogen-bond donors (Lipinski definition) is 1. The normalized spacial score (nSPS) is 25.5. The maximum atomic E-state index is 13.5. The van der Waals surface area contributed by atoms with Crippen molar-refractivity contribution in [3.63, 3.8) is 0 Å². The lowest BCUT2D eigenvalue weighted by atomic mass is 9.95. The molecule has 3 heteroatoms. The van der Waals surface area contributed by atoms with Gasteiger partial charge in [0.05, 0.1) is 0 Å². The molecular formula is C15H21FN2. The average Bonchev–Trinajstić information content (AvgIpc) is 2.67. The summed E-state index contributed by atoms with van der Waals surface area (Å²) in [6.45, 7) is 4.14. The highest BCUT2D eigenvalue weighted by atomic mass is 19.1. The lowest BCUT2D eigenvalue weighted by Crippen LogP contribution is -2.40. The Balaban J connectivity index is 1.87. The van der Waals surface area contributed by atoms with Gasteiger partial charge < -0.3 is 5.32 Å². The Kier molecular flexibility index (Phi) is 3.62. The van der Waals surface area contributed by atoms with Gasteiger partial charge >= 0.3 is 0 Å². The number of halogens is 1. The van der Waals surface area contributed by atoms with Crippen molar-refractivity contribution in [2.45, 2.75) is 38.3 Å². The van der Waals surface area contributed by atoms with E-state index in [9.17, 15) is 4.39 Å². The summed E-state index contributed by atoms with van der Waals surface area (Å²) >= 11 is 0. The zero-order chi connectivity index (χ0) is 12.4. The second-order valence-electron chi connectivity index (χ2n) is 5.44. The molecule has 0 unspecified atom stereocenters. The highest BCUT2D eigenvalue weighted by Crippen LogP contribution is 2.29. The molecule has 0 aromatic heterocycles. The molecule has 1 aromatic carbocycles. The Morgan fingerprint density at radius 1 is 1.11 bits per heavy atom. The van der Waals surface area contributed by atoms with E-state index < -0.39 is 0 Å². The van der Waals surface area contributed by atoms with Crippen LogP contribution in [0.15, 0.2) is 18.2 Å². The van der Waals surface area contributed by atoms with Crippen LogP contribution < -0.4 is 5.32 Å². The van der Waals surface area contributed by atoms with E-state index >= 15 is 0 Å². The van der Waals surface area contributed by atoms with Gasteiger partial charge in [0.2, 0.25) is 0 Å². The van der Waals surface area contributed by atoms with Crippen LogP contribution in [0.2, 0.25) is 0 Å². The van der Waals surface area contributed by atoms with Gasteiger partial charge in [0.25, 0.3) is 0 Å². The largest absolute Gasteiger partial charge is 0.311 e. The fourth-order valence-corrected chi connectivity index (χ4v) is 3.22. The fourth-order valence-electron chi connectivity index (χ4n) is 3.22. The summed E-state index contributed by atoms with van der Waals surface area (Å²) in [5.41, 5.74) is 2.47. The van der Waals surface area contributed by atoms with Gasteiger partial charge in [0, 0.05) is 19.1 Å². The molecule has 2 aliphatic heterocycles. The SMILES string of the molecule is Fc1ccc2c(c1)[C@@H](N1CCCCCC1)CNC2. The number of fused-ring (bicyclic) bond motifs is 1. The zero-order valence-electron chi connectivity index (χ0n) is 10.8. The van der Waals surface area contributed by atoms with Crippen LogP contribution in [-0.2, 0) is 6.54 Å². The number of likely N-dealkylation sites (tertiary alicyclic amines) is 1. The summed E-state index contributed by atoms with van der Waals surface area (Å²) in [6, 6.07) is 5.61. The quantitative estimate of drug-likeness (QED) is 0.822. The Hall–Kier alpha value is -0.930. The van der Waals surface area contributed by atoms with Crippen molar-refractivity contribution < 1.29 is 4.39 Å². The molecule has 0 aliphatic carbocycles. The molecule has 1 saturated heterocycles. The van der Waals surface area contributed by atoms with Gasteiger partial charge in [-0.15, -0.1) is 0 Å². The van der Waals surface area contributed by atoms with Crippen molar-refractivity contribution in [1.82, 2.24) is 10.2 Å². The smallest absolute Gasteiger partial charge is 0.123 e. The van der Waals surface area contributed by atoms with Crippen LogP contribution in [0.5, 0.6) is 0 Å². The molecule has 2 nitrogen and oxygen atoms in total. The van der Waals surface area contributed by atoms with Crippen LogP contribution in [0.3, 0.4) is 0 Å². The van der Waals surface area contributed by atoms with Gasteiger partial charge in [0.15, 0.2) is 0 Å². The monoisotopic (exact) mass is 248 g/mol. The molecule has 98 valence electrons. The molecule has 0 spiro atoms. The Labute approximate surface area is 108 Å². The third-order valence-electron chi connectivity index (χ3n) is 4.20. The van der Waals surface area contributed by atoms with E-state index in [2.05, 4.69) is 10.2 Å². The Morgan fingerprint density at radius 3 is 2.67 bits per heavy atom. The number of hydrogen-bond acceptors (Lipinski definition) is 2. The van der Waals surface area contributed by atoms with E-state index in [0.29, 0.717) is 6.04 Å². The van der Waals surface area contributed by atoms with Crippen molar-refractivity contribution in [2.75, 3.05) is 19.6 Å². The highest BCUT2D eigenvalue weighted by molar-refractivity contribution is 5.33. The lowest BCUT2D eigenvalue weighted by Gasteiger charge is -2.35. The highest BCUT2D eigenvalue weighted by Gasteiger charge is 2.26. The predicted octanol–water partition coefficient (Wildman–Crippen LogP) is 2.85. The van der Waals surface area contributed by atoms with Crippen molar-refractivity contribution in [2.24, 2.45) is 0 Å². The summed E-state index contributed by atoms with van der Waals surface area (Å²) in [4.78, 5) is 2.54. The first-order valence-corrected chi connectivity index (χ1v) is 7.08. The van der Waals surface area contributed by atoms with Gasteiger partial charge in [-0.2, -0.15) is 0 Å². The molecule has 1 aromatic rings. The zero-order valence-corrected chi connectivity index (χ0v) is 10.8. The molecule has 18 heavy (non-hydrogen) atoms. The molecule has 1 N–H and O–H groups in total. The number of nitrogens with zero attached hydrogens (tertiary/aromatic N) is 1. The average molecular weight is 248 g/mol. The van der Waals surface area contributed by atoms with Gasteiger partial charge in [-0.05, 0) is 49.2 Å². The minimum Gasteiger partial charge on any atom is -0.311 e. The standard InChI is InChI=1S/C15H21FN2/c16-13-6-5-12-10-17-11-15(14(12)9-13)18-7-3-1-2-4-8-18/h5-6,9,15,17H,1-4,7-8,10-11H2/t15-/m0/s1. The molecule has 0 radical (unpaired) electrons. The van der Waals surface area contributed by atoms with E-state index in [-0.39, 0.29) is 5.82 Å². The van der Waals surface area contributed by atoms with Gasteiger partial charge in [0.1, 0.15) is 5.82 Å². The number of rotatable bonds is 1. The number of nitrogens with one attached hydrogen (secondary N) is 1. The van der Waals surface area contributed by atoms with Crippen LogP contribution in [0.25, 0.3) is 0 Å². The van der Waals surface area contributed by atoms with Gasteiger partial charge in [-0.25, -0.2) is 4.39 Å². The summed E-state index contributed by atoms with van der Waals surface area (Å²) in [5, 5.41) is 3.46. The van der Waals surface area contributed by atoms with Crippen molar-refractivity contribution >= 4 is 0 Å². The third-order valence-corrected chi connectivity index (χ3v) is 4.20. The van der Waals surface area contributed by atoms with Crippen molar-refractivity contribution in [3.8, 4) is 0 Å². The van der Waals surface area contributed by atoms with Crippen LogP contribution in [0.4, 0.5) is 4.39 Å². The van der Waals surface area contributed by atoms with Crippen molar-refractivity contribution in [3.05, 3.63) is 35.1 Å². The molecular weight excluding hydrogens is 227 g/mol. The summed E-state index contributed by atoms with van der Waals surface area (Å²) < 4.78 is 13.5. The second-order valence-corrected chi connectivity index (χ2v) is 5.44. The van der Waals surface area contributed by atoms with E-state index in [1.807, 2.05) is 6.07 Å². The van der Waals surface area contributed by atoms with Crippen LogP contribution >= 0.6 is 0 Å². The van der Waals surface area contributed by atoms with Crippen molar-refractivity contribution in [1.29, 1.82) is 0 Å². The summed E-state index contributed by atoms with van der Waals surface area (Å²) in [6.07, 6.45) is 5.24. The second kappa shape index (κ2) is 5.37. The van der Waals surface area contributed by atoms with E-state index in [0.717, 1.165) is 26.2 Å². The third kappa shape index (κ3) is 2.43. The maximum Gasteiger partial charge on any atom is 0.123 e. The van der Waals surface area contributed by atoms with Gasteiger partial charge in [-0.3, -0.25) is 4.90 Å². The molecule has 0 saturated carbocycles. The first kappa shape index (κ1) is 12.1. The van der Waals surface area contributed by atoms with E-state index in [4.69, 9.17) is 0 Å². The van der Waals surface area contributed by atoms with Crippen LogP contribution in [0.1, 0.15) is 42.9 Å². The first-order valence-electron chi connectivity index (χ1n) is 7.08. The molecule has 2 heterocycles. The summed E-state index contributed by atoms with van der Waals surface area (Å²) in [7, 11) is 0. The van der Waals surface area contributed by atoms with E-state index in [1.54, 1.807) is 12.1 Å². The Morgan fingerprint density at radius 2 is 1.89 bits per heavy atom. The van der Waals surface area contributed by atoms with E-state index in [1.165, 1.54) is 36.8 Å². The molecule has 1 atom stereocenters. The predicted molar refractivity (Wildman–Crippen MR) is 70.9 cm³/mol. The molecule has 1 fully saturated rings. The first-order chi connectivity index (χ1) is 8.84. The molecule has 2 aliphatic rings. The minimum absolute atomic E-state index is 0.101.